The molecule has 2 nitrogen and oxygen atoms in total. The van der Waals surface area contributed by atoms with Crippen LogP contribution in [0.2, 0.25) is 0 Å². The summed E-state index contributed by atoms with van der Waals surface area (Å²) in [5.74, 6) is 0. The van der Waals surface area contributed by atoms with E-state index in [9.17, 15) is 0 Å². The van der Waals surface area contributed by atoms with Crippen molar-refractivity contribution in [3.63, 3.8) is 0 Å². The minimum Gasteiger partial charge on any atom is -0.286 e. The molecular weight excluding hydrogens is 359 g/mol. The summed E-state index contributed by atoms with van der Waals surface area (Å²) in [5.41, 5.74) is 5.35. The van der Waals surface area contributed by atoms with Gasteiger partial charge in [0.25, 0.3) is 0 Å². The first-order valence-electron chi connectivity index (χ1n) is 6.02. The van der Waals surface area contributed by atoms with Gasteiger partial charge in [-0.1, -0.05) is 75.5 Å². The molecule has 0 fully saturated rings. The zero-order chi connectivity index (χ0) is 14.5. The normalized spacial score (nSPS) is 13.1. The third kappa shape index (κ3) is 3.98. The summed E-state index contributed by atoms with van der Waals surface area (Å²) in [7, 11) is 0. The summed E-state index contributed by atoms with van der Waals surface area (Å²) < 4.78 is 0.949. The maximum absolute atomic E-state index is 6.29. The highest BCUT2D eigenvalue weighted by Gasteiger charge is 2.09. The van der Waals surface area contributed by atoms with E-state index in [0.29, 0.717) is 5.17 Å². The molecule has 0 amide bonds. The Balaban J connectivity index is 2.11. The quantitative estimate of drug-likeness (QED) is 0.340. The van der Waals surface area contributed by atoms with Gasteiger partial charge < -0.3 is 0 Å². The van der Waals surface area contributed by atoms with Gasteiger partial charge >= 0.3 is 0 Å². The van der Waals surface area contributed by atoms with Crippen molar-refractivity contribution < 1.29 is 0 Å². The van der Waals surface area contributed by atoms with E-state index < -0.39 is 5.50 Å². The standard InChI is InChI=1S/C15H13BrCl2N2/c1-10-5-2-3-8-13(10)15(18)20-19-14(17)11-6-4-7-12(16)9-11/h2-9,15,20H,1H3. The molecule has 0 saturated heterocycles. The highest BCUT2D eigenvalue weighted by Crippen LogP contribution is 2.21. The number of nitrogens with zero attached hydrogens (tertiary/aromatic N) is 1. The van der Waals surface area contributed by atoms with E-state index >= 15 is 0 Å². The molecule has 0 bridgehead atoms. The summed E-state index contributed by atoms with van der Waals surface area (Å²) in [6.07, 6.45) is 0. The second-order valence-electron chi connectivity index (χ2n) is 4.26. The fourth-order valence-electron chi connectivity index (χ4n) is 1.74. The van der Waals surface area contributed by atoms with Gasteiger partial charge in [-0.05, 0) is 30.2 Å². The molecule has 0 spiro atoms. The molecular formula is C15H13BrCl2N2. The van der Waals surface area contributed by atoms with E-state index in [4.69, 9.17) is 23.2 Å². The Kier molecular flexibility index (Phi) is 5.46. The molecule has 104 valence electrons. The lowest BCUT2D eigenvalue weighted by Gasteiger charge is -2.12. The lowest BCUT2D eigenvalue weighted by Crippen LogP contribution is -2.13. The molecule has 1 N–H and O–H groups in total. The number of benzene rings is 2. The first-order chi connectivity index (χ1) is 9.58. The molecule has 5 heteroatoms. The van der Waals surface area contributed by atoms with Crippen LogP contribution in [0.25, 0.3) is 0 Å². The minimum absolute atomic E-state index is 0.366. The van der Waals surface area contributed by atoms with Gasteiger partial charge in [0.1, 0.15) is 5.50 Å². The SMILES string of the molecule is Cc1ccccc1C(Cl)NN=C(Cl)c1cccc(Br)c1. The van der Waals surface area contributed by atoms with Crippen molar-refractivity contribution in [2.24, 2.45) is 5.10 Å². The number of rotatable bonds is 4. The van der Waals surface area contributed by atoms with E-state index in [1.807, 2.05) is 55.5 Å². The number of hydrazone groups is 1. The average Bonchev–Trinajstić information content (AvgIpc) is 2.45. The Morgan fingerprint density at radius 2 is 1.95 bits per heavy atom. The molecule has 0 aliphatic rings. The van der Waals surface area contributed by atoms with Crippen LogP contribution in [0.4, 0.5) is 0 Å². The van der Waals surface area contributed by atoms with Gasteiger partial charge in [-0.25, -0.2) is 0 Å². The van der Waals surface area contributed by atoms with Crippen LogP contribution < -0.4 is 5.43 Å². The van der Waals surface area contributed by atoms with Crippen molar-refractivity contribution in [3.05, 3.63) is 69.7 Å². The maximum Gasteiger partial charge on any atom is 0.156 e. The number of aryl methyl sites for hydroxylation is 1. The smallest absolute Gasteiger partial charge is 0.156 e. The van der Waals surface area contributed by atoms with Crippen LogP contribution >= 0.6 is 39.1 Å². The number of halogens is 3. The molecule has 2 rings (SSSR count). The van der Waals surface area contributed by atoms with Crippen molar-refractivity contribution in [2.45, 2.75) is 12.4 Å². The molecule has 0 radical (unpaired) electrons. The van der Waals surface area contributed by atoms with Gasteiger partial charge in [0.15, 0.2) is 5.17 Å². The van der Waals surface area contributed by atoms with E-state index in [1.54, 1.807) is 0 Å². The Labute approximate surface area is 136 Å². The Morgan fingerprint density at radius 1 is 1.20 bits per heavy atom. The van der Waals surface area contributed by atoms with Crippen molar-refractivity contribution in [3.8, 4) is 0 Å². The lowest BCUT2D eigenvalue weighted by atomic mass is 10.1. The maximum atomic E-state index is 6.29. The lowest BCUT2D eigenvalue weighted by molar-refractivity contribution is 0.714. The van der Waals surface area contributed by atoms with Gasteiger partial charge in [-0.15, -0.1) is 0 Å². The third-order valence-corrected chi connectivity index (χ3v) is 3.93. The van der Waals surface area contributed by atoms with Crippen LogP contribution in [0.5, 0.6) is 0 Å². The number of alkyl halides is 1. The van der Waals surface area contributed by atoms with E-state index in [0.717, 1.165) is 21.2 Å². The van der Waals surface area contributed by atoms with Crippen LogP contribution in [-0.2, 0) is 0 Å². The van der Waals surface area contributed by atoms with Gasteiger partial charge in [0, 0.05) is 10.0 Å². The molecule has 0 aromatic heterocycles. The van der Waals surface area contributed by atoms with Crippen LogP contribution in [0.1, 0.15) is 22.2 Å². The van der Waals surface area contributed by atoms with Crippen molar-refractivity contribution >= 4 is 44.3 Å². The van der Waals surface area contributed by atoms with E-state index in [2.05, 4.69) is 26.5 Å². The first-order valence-corrected chi connectivity index (χ1v) is 7.63. The Morgan fingerprint density at radius 3 is 2.65 bits per heavy atom. The zero-order valence-electron chi connectivity index (χ0n) is 10.8. The molecule has 0 heterocycles. The van der Waals surface area contributed by atoms with E-state index in [-0.39, 0.29) is 0 Å². The Bertz CT molecular complexity index is 629. The fourth-order valence-corrected chi connectivity index (χ4v) is 2.59. The van der Waals surface area contributed by atoms with Gasteiger partial charge in [0.2, 0.25) is 0 Å². The highest BCUT2D eigenvalue weighted by molar-refractivity contribution is 9.10. The van der Waals surface area contributed by atoms with Crippen LogP contribution in [-0.4, -0.2) is 5.17 Å². The number of nitrogens with one attached hydrogen (secondary N) is 1. The molecule has 1 atom stereocenters. The summed E-state index contributed by atoms with van der Waals surface area (Å²) in [6, 6.07) is 15.5. The van der Waals surface area contributed by atoms with Gasteiger partial charge in [-0.3, -0.25) is 5.43 Å². The number of hydrogen-bond donors (Lipinski definition) is 1. The molecule has 20 heavy (non-hydrogen) atoms. The summed E-state index contributed by atoms with van der Waals surface area (Å²) in [4.78, 5) is 0. The topological polar surface area (TPSA) is 24.4 Å². The van der Waals surface area contributed by atoms with Crippen molar-refractivity contribution in [1.82, 2.24) is 5.43 Å². The Hall–Kier alpha value is -1.03. The monoisotopic (exact) mass is 370 g/mol. The zero-order valence-corrected chi connectivity index (χ0v) is 13.9. The predicted molar refractivity (Wildman–Crippen MR) is 89.4 cm³/mol. The molecule has 1 unspecified atom stereocenters. The van der Waals surface area contributed by atoms with Gasteiger partial charge in [-0.2, -0.15) is 5.10 Å². The summed E-state index contributed by atoms with van der Waals surface area (Å²) in [5, 5.41) is 4.50. The third-order valence-electron chi connectivity index (χ3n) is 2.80. The van der Waals surface area contributed by atoms with Crippen LogP contribution in [0.15, 0.2) is 58.1 Å². The van der Waals surface area contributed by atoms with Crippen LogP contribution in [0, 0.1) is 6.92 Å². The molecule has 2 aromatic carbocycles. The predicted octanol–water partition coefficient (Wildman–Crippen LogP) is 5.19. The van der Waals surface area contributed by atoms with E-state index in [1.165, 1.54) is 0 Å². The largest absolute Gasteiger partial charge is 0.286 e. The highest BCUT2D eigenvalue weighted by atomic mass is 79.9. The van der Waals surface area contributed by atoms with Crippen LogP contribution in [0.3, 0.4) is 0 Å². The second kappa shape index (κ2) is 7.11. The van der Waals surface area contributed by atoms with Crippen molar-refractivity contribution in [1.29, 1.82) is 0 Å². The summed E-state index contributed by atoms with van der Waals surface area (Å²) in [6.45, 7) is 2.01. The molecule has 2 aromatic rings. The minimum atomic E-state index is -0.419. The fraction of sp³-hybridized carbons (Fsp3) is 0.133. The molecule has 0 aliphatic heterocycles. The summed E-state index contributed by atoms with van der Waals surface area (Å²) >= 11 is 15.8. The second-order valence-corrected chi connectivity index (χ2v) is 5.97. The van der Waals surface area contributed by atoms with Gasteiger partial charge in [0.05, 0.1) is 0 Å². The number of hydrogen-bond acceptors (Lipinski definition) is 2. The first kappa shape index (κ1) is 15.4. The molecule has 0 aliphatic carbocycles. The average molecular weight is 372 g/mol. The molecule has 0 saturated carbocycles. The van der Waals surface area contributed by atoms with Crippen molar-refractivity contribution in [2.75, 3.05) is 0 Å².